The summed E-state index contributed by atoms with van der Waals surface area (Å²) in [4.78, 5) is 14.8. The number of nitrogens with one attached hydrogen (secondary N) is 1. The zero-order valence-corrected chi connectivity index (χ0v) is 17.4. The summed E-state index contributed by atoms with van der Waals surface area (Å²) in [6.07, 6.45) is 0. The second-order valence-corrected chi connectivity index (χ2v) is 7.64. The number of hydrogen-bond donors (Lipinski definition) is 1. The highest BCUT2D eigenvalue weighted by atomic mass is 32.2. The summed E-state index contributed by atoms with van der Waals surface area (Å²) in [6.45, 7) is 10.2. The van der Waals surface area contributed by atoms with E-state index >= 15 is 0 Å². The zero-order chi connectivity index (χ0) is 19.9. The first-order valence-electron chi connectivity index (χ1n) is 9.58. The quantitative estimate of drug-likeness (QED) is 0.676. The second-order valence-electron chi connectivity index (χ2n) is 6.33. The van der Waals surface area contributed by atoms with Crippen molar-refractivity contribution < 1.29 is 14.3 Å². The van der Waals surface area contributed by atoms with Crippen molar-refractivity contribution in [3.8, 4) is 5.75 Å². The van der Waals surface area contributed by atoms with Crippen LogP contribution in [-0.2, 0) is 16.1 Å². The number of aromatic nitrogens is 3. The van der Waals surface area contributed by atoms with Gasteiger partial charge in [0, 0.05) is 25.3 Å². The number of amides is 1. The summed E-state index contributed by atoms with van der Waals surface area (Å²) in [7, 11) is 0. The maximum Gasteiger partial charge on any atom is 0.237 e. The van der Waals surface area contributed by atoms with Gasteiger partial charge in [-0.15, -0.1) is 10.2 Å². The van der Waals surface area contributed by atoms with E-state index in [1.807, 2.05) is 38.1 Å². The van der Waals surface area contributed by atoms with Crippen molar-refractivity contribution in [1.29, 1.82) is 0 Å². The molecular weight excluding hydrogens is 378 g/mol. The third-order valence-corrected chi connectivity index (χ3v) is 5.47. The highest BCUT2D eigenvalue weighted by molar-refractivity contribution is 8.00. The van der Waals surface area contributed by atoms with Gasteiger partial charge in [-0.3, -0.25) is 9.36 Å². The lowest BCUT2D eigenvalue weighted by molar-refractivity contribution is -0.115. The number of thioether (sulfide) groups is 1. The Kier molecular flexibility index (Phi) is 7.16. The third kappa shape index (κ3) is 4.96. The molecule has 1 aromatic heterocycles. The molecule has 152 valence electrons. The summed E-state index contributed by atoms with van der Waals surface area (Å²) >= 11 is 1.41. The molecule has 28 heavy (non-hydrogen) atoms. The molecule has 2 heterocycles. The van der Waals surface area contributed by atoms with Gasteiger partial charge in [-0.1, -0.05) is 11.8 Å². The molecule has 0 bridgehead atoms. The zero-order valence-electron chi connectivity index (χ0n) is 16.6. The van der Waals surface area contributed by atoms with E-state index in [1.165, 1.54) is 11.8 Å². The lowest BCUT2D eigenvalue weighted by atomic mass is 10.3. The van der Waals surface area contributed by atoms with Crippen LogP contribution in [0.2, 0.25) is 0 Å². The molecule has 0 radical (unpaired) electrons. The molecular formula is C19H27N5O3S. The molecule has 2 aromatic rings. The van der Waals surface area contributed by atoms with Gasteiger partial charge in [-0.2, -0.15) is 0 Å². The summed E-state index contributed by atoms with van der Waals surface area (Å²) in [5, 5.41) is 12.1. The molecule has 1 saturated heterocycles. The minimum Gasteiger partial charge on any atom is -0.494 e. The molecule has 1 aliphatic heterocycles. The number of ether oxygens (including phenoxy) is 2. The van der Waals surface area contributed by atoms with Crippen LogP contribution in [-0.4, -0.2) is 58.8 Å². The summed E-state index contributed by atoms with van der Waals surface area (Å²) in [6, 6.07) is 7.37. The van der Waals surface area contributed by atoms with Gasteiger partial charge in [0.25, 0.3) is 0 Å². The monoisotopic (exact) mass is 405 g/mol. The van der Waals surface area contributed by atoms with Gasteiger partial charge < -0.3 is 19.7 Å². The van der Waals surface area contributed by atoms with Crippen LogP contribution in [0.3, 0.4) is 0 Å². The smallest absolute Gasteiger partial charge is 0.237 e. The normalized spacial score (nSPS) is 15.3. The van der Waals surface area contributed by atoms with Crippen LogP contribution in [0.15, 0.2) is 29.4 Å². The van der Waals surface area contributed by atoms with Crippen LogP contribution >= 0.6 is 11.8 Å². The van der Waals surface area contributed by atoms with Gasteiger partial charge >= 0.3 is 0 Å². The highest BCUT2D eigenvalue weighted by Gasteiger charge is 2.23. The van der Waals surface area contributed by atoms with Crippen LogP contribution in [0.1, 0.15) is 20.8 Å². The second kappa shape index (κ2) is 9.79. The van der Waals surface area contributed by atoms with Crippen molar-refractivity contribution in [1.82, 2.24) is 14.8 Å². The van der Waals surface area contributed by atoms with E-state index in [0.29, 0.717) is 19.8 Å². The minimum absolute atomic E-state index is 0.0762. The Morgan fingerprint density at radius 2 is 1.96 bits per heavy atom. The first-order valence-corrected chi connectivity index (χ1v) is 10.5. The van der Waals surface area contributed by atoms with Crippen molar-refractivity contribution in [2.24, 2.45) is 0 Å². The van der Waals surface area contributed by atoms with Gasteiger partial charge in [-0.05, 0) is 45.0 Å². The van der Waals surface area contributed by atoms with E-state index < -0.39 is 0 Å². The van der Waals surface area contributed by atoms with Crippen molar-refractivity contribution in [3.63, 3.8) is 0 Å². The van der Waals surface area contributed by atoms with Gasteiger partial charge in [0.15, 0.2) is 5.16 Å². The Morgan fingerprint density at radius 3 is 2.61 bits per heavy atom. The summed E-state index contributed by atoms with van der Waals surface area (Å²) in [5.74, 6) is 1.55. The molecule has 1 aromatic carbocycles. The Balaban J connectivity index is 1.62. The SMILES string of the molecule is CCOc1ccc(NC(=O)[C@H](C)Sc2nnc(N3CCOCC3)n2CC)cc1. The molecule has 1 N–H and O–H groups in total. The summed E-state index contributed by atoms with van der Waals surface area (Å²) in [5.41, 5.74) is 0.742. The largest absolute Gasteiger partial charge is 0.494 e. The standard InChI is InChI=1S/C19H27N5O3S/c1-4-24-18(23-10-12-26-13-11-23)21-22-19(24)28-14(3)17(25)20-15-6-8-16(9-7-15)27-5-2/h6-9,14H,4-5,10-13H2,1-3H3,(H,20,25)/t14-/m0/s1. The molecule has 0 unspecified atom stereocenters. The van der Waals surface area contributed by atoms with Crippen molar-refractivity contribution >= 4 is 29.3 Å². The molecule has 1 fully saturated rings. The predicted molar refractivity (Wildman–Crippen MR) is 110 cm³/mol. The fourth-order valence-electron chi connectivity index (χ4n) is 2.90. The average molecular weight is 406 g/mol. The Bertz CT molecular complexity index is 774. The van der Waals surface area contributed by atoms with Gasteiger partial charge in [0.2, 0.25) is 11.9 Å². The van der Waals surface area contributed by atoms with E-state index in [2.05, 4.69) is 31.9 Å². The van der Waals surface area contributed by atoms with Crippen molar-refractivity contribution in [2.45, 2.75) is 37.7 Å². The maximum absolute atomic E-state index is 12.6. The topological polar surface area (TPSA) is 81.5 Å². The fourth-order valence-corrected chi connectivity index (χ4v) is 3.81. The molecule has 8 nitrogen and oxygen atoms in total. The van der Waals surface area contributed by atoms with E-state index in [1.54, 1.807) is 0 Å². The molecule has 0 aliphatic carbocycles. The van der Waals surface area contributed by atoms with Crippen LogP contribution in [0, 0.1) is 0 Å². The number of rotatable bonds is 8. The predicted octanol–water partition coefficient (Wildman–Crippen LogP) is 2.65. The number of benzene rings is 1. The lowest BCUT2D eigenvalue weighted by Gasteiger charge is -2.27. The number of nitrogens with zero attached hydrogens (tertiary/aromatic N) is 4. The Morgan fingerprint density at radius 1 is 1.25 bits per heavy atom. The van der Waals surface area contributed by atoms with Crippen LogP contribution in [0.4, 0.5) is 11.6 Å². The molecule has 1 aliphatic rings. The van der Waals surface area contributed by atoms with Gasteiger partial charge in [0.05, 0.1) is 25.1 Å². The van der Waals surface area contributed by atoms with Crippen LogP contribution in [0.5, 0.6) is 5.75 Å². The van der Waals surface area contributed by atoms with Crippen LogP contribution in [0.25, 0.3) is 0 Å². The Hall–Kier alpha value is -2.26. The molecule has 1 amide bonds. The van der Waals surface area contributed by atoms with Crippen molar-refractivity contribution in [3.05, 3.63) is 24.3 Å². The number of carbonyl (C=O) groups is 1. The van der Waals surface area contributed by atoms with Gasteiger partial charge in [-0.25, -0.2) is 0 Å². The van der Waals surface area contributed by atoms with E-state index in [-0.39, 0.29) is 11.2 Å². The Labute approximate surface area is 169 Å². The van der Waals surface area contributed by atoms with Gasteiger partial charge in [0.1, 0.15) is 5.75 Å². The molecule has 1 atom stereocenters. The summed E-state index contributed by atoms with van der Waals surface area (Å²) < 4.78 is 12.9. The first-order chi connectivity index (χ1) is 13.6. The number of carbonyl (C=O) groups excluding carboxylic acids is 1. The molecule has 3 rings (SSSR count). The van der Waals surface area contributed by atoms with Crippen molar-refractivity contribution in [2.75, 3.05) is 43.1 Å². The number of morpholine rings is 1. The number of hydrogen-bond acceptors (Lipinski definition) is 7. The maximum atomic E-state index is 12.6. The fraction of sp³-hybridized carbons (Fsp3) is 0.526. The van der Waals surface area contributed by atoms with E-state index in [9.17, 15) is 4.79 Å². The first kappa shape index (κ1) is 20.5. The molecule has 9 heteroatoms. The lowest BCUT2D eigenvalue weighted by Crippen LogP contribution is -2.38. The molecule has 0 saturated carbocycles. The average Bonchev–Trinajstić information content (AvgIpc) is 3.12. The third-order valence-electron chi connectivity index (χ3n) is 4.39. The van der Waals surface area contributed by atoms with E-state index in [4.69, 9.17) is 9.47 Å². The van der Waals surface area contributed by atoms with Crippen LogP contribution < -0.4 is 15.0 Å². The van der Waals surface area contributed by atoms with E-state index in [0.717, 1.165) is 42.2 Å². The minimum atomic E-state index is -0.307. The molecule has 0 spiro atoms. The number of anilines is 2. The highest BCUT2D eigenvalue weighted by Crippen LogP contribution is 2.27.